The molecule has 1 unspecified atom stereocenters. The van der Waals surface area contributed by atoms with Crippen LogP contribution in [0.15, 0.2) is 73.3 Å². The molecule has 4 heterocycles. The highest BCUT2D eigenvalue weighted by molar-refractivity contribution is 5.81. The quantitative estimate of drug-likeness (QED) is 0.469. The number of rotatable bonds is 6. The van der Waals surface area contributed by atoms with E-state index in [-0.39, 0.29) is 12.2 Å². The summed E-state index contributed by atoms with van der Waals surface area (Å²) >= 11 is 0. The van der Waals surface area contributed by atoms with Crippen LogP contribution in [-0.4, -0.2) is 44.4 Å². The van der Waals surface area contributed by atoms with Crippen LogP contribution in [0.4, 0.5) is 5.82 Å². The van der Waals surface area contributed by atoms with Gasteiger partial charge in [-0.1, -0.05) is 60.7 Å². The van der Waals surface area contributed by atoms with Crippen molar-refractivity contribution >= 4 is 17.0 Å². The van der Waals surface area contributed by atoms with Gasteiger partial charge in [0.05, 0.1) is 19.5 Å². The van der Waals surface area contributed by atoms with Crippen LogP contribution in [0, 0.1) is 0 Å². The number of hydrogen-bond acceptors (Lipinski definition) is 8. The SMILES string of the molecule is C[C@]1(n2cnc3c(N)ncnc32)O[C@H](COCc2ccccc2)[C@H]2OC(c3ccccc3)O[C@H]21. The average Bonchev–Trinajstić information content (AvgIpc) is 3.56. The largest absolute Gasteiger partial charge is 0.382 e. The van der Waals surface area contributed by atoms with Crippen molar-refractivity contribution < 1.29 is 18.9 Å². The average molecular weight is 460 g/mol. The van der Waals surface area contributed by atoms with Crippen molar-refractivity contribution in [3.8, 4) is 0 Å². The smallest absolute Gasteiger partial charge is 0.185 e. The summed E-state index contributed by atoms with van der Waals surface area (Å²) in [5.41, 5.74) is 8.22. The zero-order valence-corrected chi connectivity index (χ0v) is 18.7. The summed E-state index contributed by atoms with van der Waals surface area (Å²) in [6.07, 6.45) is 1.46. The normalized spacial score (nSPS) is 28.4. The van der Waals surface area contributed by atoms with Gasteiger partial charge in [-0.15, -0.1) is 0 Å². The van der Waals surface area contributed by atoms with Crippen LogP contribution < -0.4 is 5.73 Å². The van der Waals surface area contributed by atoms with Gasteiger partial charge in [0.2, 0.25) is 0 Å². The molecule has 174 valence electrons. The second kappa shape index (κ2) is 8.44. The number of anilines is 1. The first-order valence-corrected chi connectivity index (χ1v) is 11.2. The molecule has 9 nitrogen and oxygen atoms in total. The van der Waals surface area contributed by atoms with E-state index in [0.29, 0.717) is 30.2 Å². The van der Waals surface area contributed by atoms with Gasteiger partial charge in [-0.2, -0.15) is 0 Å². The van der Waals surface area contributed by atoms with Gasteiger partial charge < -0.3 is 24.7 Å². The molecule has 0 radical (unpaired) electrons. The Kier molecular flexibility index (Phi) is 5.26. The topological polar surface area (TPSA) is 107 Å². The zero-order valence-electron chi connectivity index (χ0n) is 18.7. The lowest BCUT2D eigenvalue weighted by atomic mass is 10.0. The molecule has 2 aliphatic heterocycles. The van der Waals surface area contributed by atoms with Crippen LogP contribution in [0.1, 0.15) is 24.3 Å². The van der Waals surface area contributed by atoms with Crippen molar-refractivity contribution in [1.29, 1.82) is 0 Å². The molecule has 2 N–H and O–H groups in total. The fourth-order valence-corrected chi connectivity index (χ4v) is 4.75. The molecule has 2 aliphatic rings. The first kappa shape index (κ1) is 21.2. The van der Waals surface area contributed by atoms with E-state index in [4.69, 9.17) is 24.7 Å². The predicted molar refractivity (Wildman–Crippen MR) is 123 cm³/mol. The molecule has 0 spiro atoms. The molecule has 5 atom stereocenters. The third-order valence-corrected chi connectivity index (χ3v) is 6.44. The third-order valence-electron chi connectivity index (χ3n) is 6.44. The number of ether oxygens (including phenoxy) is 4. The highest BCUT2D eigenvalue weighted by Crippen LogP contribution is 2.48. The number of nitrogen functional groups attached to an aromatic ring is 1. The molecule has 2 fully saturated rings. The van der Waals surface area contributed by atoms with Crippen LogP contribution >= 0.6 is 0 Å². The summed E-state index contributed by atoms with van der Waals surface area (Å²) in [6.45, 7) is 2.79. The number of nitrogens with two attached hydrogens (primary N) is 1. The minimum absolute atomic E-state index is 0.315. The van der Waals surface area contributed by atoms with Gasteiger partial charge >= 0.3 is 0 Å². The summed E-state index contributed by atoms with van der Waals surface area (Å²) in [5, 5.41) is 0. The fourth-order valence-electron chi connectivity index (χ4n) is 4.75. The van der Waals surface area contributed by atoms with Gasteiger partial charge in [0.15, 0.2) is 23.5 Å². The Morgan fingerprint density at radius 2 is 1.76 bits per heavy atom. The number of benzene rings is 2. The number of aromatic nitrogens is 4. The Labute approximate surface area is 196 Å². The Morgan fingerprint density at radius 3 is 2.56 bits per heavy atom. The van der Waals surface area contributed by atoms with Crippen molar-refractivity contribution in [2.75, 3.05) is 12.3 Å². The van der Waals surface area contributed by atoms with E-state index in [2.05, 4.69) is 15.0 Å². The first-order chi connectivity index (χ1) is 16.6. The van der Waals surface area contributed by atoms with Gasteiger partial charge in [0.25, 0.3) is 0 Å². The molecule has 2 aromatic heterocycles. The van der Waals surface area contributed by atoms with Crippen molar-refractivity contribution in [3.63, 3.8) is 0 Å². The maximum Gasteiger partial charge on any atom is 0.185 e. The molecule has 0 bridgehead atoms. The van der Waals surface area contributed by atoms with Crippen molar-refractivity contribution in [1.82, 2.24) is 19.5 Å². The summed E-state index contributed by atoms with van der Waals surface area (Å²) in [6, 6.07) is 19.9. The zero-order chi connectivity index (χ0) is 23.1. The van der Waals surface area contributed by atoms with Crippen molar-refractivity contribution in [2.24, 2.45) is 0 Å². The van der Waals surface area contributed by atoms with Crippen LogP contribution in [0.3, 0.4) is 0 Å². The minimum Gasteiger partial charge on any atom is -0.382 e. The van der Waals surface area contributed by atoms with Gasteiger partial charge in [0.1, 0.15) is 30.2 Å². The van der Waals surface area contributed by atoms with E-state index in [1.165, 1.54) is 6.33 Å². The number of fused-ring (bicyclic) bond motifs is 2. The lowest BCUT2D eigenvalue weighted by Crippen LogP contribution is -2.42. The van der Waals surface area contributed by atoms with Gasteiger partial charge in [-0.3, -0.25) is 4.57 Å². The monoisotopic (exact) mass is 459 g/mol. The van der Waals surface area contributed by atoms with Gasteiger partial charge in [-0.25, -0.2) is 15.0 Å². The Balaban J connectivity index is 1.31. The van der Waals surface area contributed by atoms with E-state index in [9.17, 15) is 0 Å². The second-order valence-electron chi connectivity index (χ2n) is 8.66. The molecule has 4 aromatic rings. The molecule has 2 saturated heterocycles. The van der Waals surface area contributed by atoms with E-state index in [0.717, 1.165) is 11.1 Å². The van der Waals surface area contributed by atoms with Crippen LogP contribution in [0.5, 0.6) is 0 Å². The van der Waals surface area contributed by atoms with Crippen molar-refractivity contribution in [2.45, 2.75) is 43.9 Å². The number of hydrogen-bond donors (Lipinski definition) is 1. The first-order valence-electron chi connectivity index (χ1n) is 11.2. The molecule has 2 aromatic carbocycles. The molecule has 0 amide bonds. The summed E-state index contributed by atoms with van der Waals surface area (Å²) < 4.78 is 27.3. The van der Waals surface area contributed by atoms with Crippen molar-refractivity contribution in [3.05, 3.63) is 84.4 Å². The molecule has 0 aliphatic carbocycles. The number of nitrogens with zero attached hydrogens (tertiary/aromatic N) is 4. The number of imidazole rings is 1. The molecule has 34 heavy (non-hydrogen) atoms. The molecule has 0 saturated carbocycles. The summed E-state index contributed by atoms with van der Waals surface area (Å²) in [7, 11) is 0. The summed E-state index contributed by atoms with van der Waals surface area (Å²) in [5.74, 6) is 0.315. The molecule has 9 heteroatoms. The van der Waals surface area contributed by atoms with E-state index in [1.54, 1.807) is 6.33 Å². The predicted octanol–water partition coefficient (Wildman–Crippen LogP) is 3.18. The molecular formula is C25H25N5O4. The Bertz CT molecular complexity index is 1280. The maximum absolute atomic E-state index is 6.58. The highest BCUT2D eigenvalue weighted by atomic mass is 16.8. The lowest BCUT2D eigenvalue weighted by Gasteiger charge is -2.31. The van der Waals surface area contributed by atoms with E-state index >= 15 is 0 Å². The van der Waals surface area contributed by atoms with Crippen LogP contribution in [-0.2, 0) is 31.3 Å². The lowest BCUT2D eigenvalue weighted by molar-refractivity contribution is -0.198. The standard InChI is InChI=1S/C25H25N5O4/c1-25(30-15-29-19-22(26)27-14-28-23(19)30)21-20(32-24(33-21)17-10-6-3-7-11-17)18(34-25)13-31-12-16-8-4-2-5-9-16/h2-11,14-15,18,20-21,24H,12-13H2,1H3,(H2,26,27,28)/t18-,20-,21-,24?,25+/m1/s1. The highest BCUT2D eigenvalue weighted by Gasteiger charge is 2.60. The minimum atomic E-state index is -0.940. The van der Waals surface area contributed by atoms with Crippen LogP contribution in [0.25, 0.3) is 11.2 Å². The maximum atomic E-state index is 6.58. The van der Waals surface area contributed by atoms with E-state index in [1.807, 2.05) is 72.2 Å². The molecular weight excluding hydrogens is 434 g/mol. The molecule has 6 rings (SSSR count). The van der Waals surface area contributed by atoms with Gasteiger partial charge in [0, 0.05) is 5.56 Å². The van der Waals surface area contributed by atoms with Gasteiger partial charge in [-0.05, 0) is 12.5 Å². The summed E-state index contributed by atoms with van der Waals surface area (Å²) in [4.78, 5) is 12.9. The fraction of sp³-hybridized carbons (Fsp3) is 0.320. The van der Waals surface area contributed by atoms with E-state index < -0.39 is 18.1 Å². The second-order valence-corrected chi connectivity index (χ2v) is 8.66. The Hall–Kier alpha value is -3.37. The Morgan fingerprint density at radius 1 is 1.00 bits per heavy atom. The third kappa shape index (κ3) is 3.54. The van der Waals surface area contributed by atoms with Crippen LogP contribution in [0.2, 0.25) is 0 Å².